The van der Waals surface area contributed by atoms with Crippen LogP contribution in [0.2, 0.25) is 0 Å². The highest BCUT2D eigenvalue weighted by Gasteiger charge is 2.06. The molecule has 6 heteroatoms. The van der Waals surface area contributed by atoms with Crippen molar-refractivity contribution in [3.8, 4) is 17.1 Å². The van der Waals surface area contributed by atoms with Crippen molar-refractivity contribution in [2.45, 2.75) is 20.0 Å². The number of aromatic amines is 1. The van der Waals surface area contributed by atoms with E-state index in [1.807, 2.05) is 36.4 Å². The van der Waals surface area contributed by atoms with E-state index in [4.69, 9.17) is 9.72 Å². The first-order valence-corrected chi connectivity index (χ1v) is 10.1. The summed E-state index contributed by atoms with van der Waals surface area (Å²) in [6.07, 6.45) is 0.819. The van der Waals surface area contributed by atoms with Crippen LogP contribution in [-0.2, 0) is 13.0 Å². The summed E-state index contributed by atoms with van der Waals surface area (Å²) in [4.78, 5) is 4.70. The Morgan fingerprint density at radius 1 is 0.871 bits per heavy atom. The average Bonchev–Trinajstić information content (AvgIpc) is 3.35. The van der Waals surface area contributed by atoms with E-state index in [1.165, 1.54) is 11.1 Å². The predicted molar refractivity (Wildman–Crippen MR) is 120 cm³/mol. The lowest BCUT2D eigenvalue weighted by Gasteiger charge is -2.12. The van der Waals surface area contributed by atoms with Gasteiger partial charge >= 0.3 is 0 Å². The van der Waals surface area contributed by atoms with Gasteiger partial charge in [0.05, 0.1) is 11.2 Å². The van der Waals surface area contributed by atoms with Crippen LogP contribution >= 0.6 is 0 Å². The number of aromatic nitrogens is 5. The second-order valence-electron chi connectivity index (χ2n) is 7.51. The largest absolute Gasteiger partial charge is 0.487 e. The van der Waals surface area contributed by atoms with Gasteiger partial charge in [-0.3, -0.25) is 0 Å². The number of pyridine rings is 1. The molecule has 2 heterocycles. The van der Waals surface area contributed by atoms with Crippen molar-refractivity contribution in [2.24, 2.45) is 0 Å². The second kappa shape index (κ2) is 8.36. The highest BCUT2D eigenvalue weighted by molar-refractivity contribution is 5.78. The lowest BCUT2D eigenvalue weighted by Crippen LogP contribution is -2.00. The molecule has 152 valence electrons. The fourth-order valence-corrected chi connectivity index (χ4v) is 3.55. The molecule has 0 amide bonds. The molecule has 0 spiro atoms. The normalized spacial score (nSPS) is 11.0. The van der Waals surface area contributed by atoms with Crippen molar-refractivity contribution in [3.05, 3.63) is 101 Å². The number of nitrogens with one attached hydrogen (secondary N) is 1. The zero-order valence-electron chi connectivity index (χ0n) is 17.1. The van der Waals surface area contributed by atoms with E-state index in [9.17, 15) is 0 Å². The van der Waals surface area contributed by atoms with Crippen molar-refractivity contribution in [1.29, 1.82) is 0 Å². The fourth-order valence-electron chi connectivity index (χ4n) is 3.55. The van der Waals surface area contributed by atoms with E-state index >= 15 is 0 Å². The highest BCUT2D eigenvalue weighted by Crippen LogP contribution is 2.24. The van der Waals surface area contributed by atoms with Crippen molar-refractivity contribution in [3.63, 3.8) is 0 Å². The molecule has 31 heavy (non-hydrogen) atoms. The molecule has 3 aromatic carbocycles. The predicted octanol–water partition coefficient (Wildman–Crippen LogP) is 4.89. The molecule has 1 N–H and O–H groups in total. The van der Waals surface area contributed by atoms with Crippen LogP contribution in [0.1, 0.15) is 22.4 Å². The molecule has 0 bridgehead atoms. The van der Waals surface area contributed by atoms with E-state index in [2.05, 4.69) is 70.0 Å². The van der Waals surface area contributed by atoms with E-state index in [0.717, 1.165) is 39.9 Å². The Morgan fingerprint density at radius 2 is 1.71 bits per heavy atom. The summed E-state index contributed by atoms with van der Waals surface area (Å²) in [7, 11) is 0. The van der Waals surface area contributed by atoms with Crippen LogP contribution < -0.4 is 4.74 Å². The number of ether oxygens (including phenoxy) is 1. The van der Waals surface area contributed by atoms with Gasteiger partial charge in [-0.25, -0.2) is 10.1 Å². The lowest BCUT2D eigenvalue weighted by molar-refractivity contribution is 0.299. The Hall–Kier alpha value is -4.06. The first kappa shape index (κ1) is 18.9. The number of rotatable bonds is 6. The fraction of sp³-hybridized carbons (Fsp3) is 0.120. The van der Waals surface area contributed by atoms with Crippen LogP contribution in [-0.4, -0.2) is 25.6 Å². The lowest BCUT2D eigenvalue weighted by atomic mass is 10.0. The number of H-pyrrole nitrogens is 1. The van der Waals surface area contributed by atoms with Crippen molar-refractivity contribution in [1.82, 2.24) is 25.6 Å². The number of tetrazole rings is 1. The van der Waals surface area contributed by atoms with E-state index in [-0.39, 0.29) is 0 Å². The standard InChI is InChI=1S/C25H21N5O/c1-17-6-7-19(14-18-8-10-21(11-9-18)25-27-29-30-28-25)15-24(17)31-16-22-13-12-20-4-2-3-5-23(20)26-22/h2-13,15H,14,16H2,1H3,(H,27,28,29,30). The molecule has 0 atom stereocenters. The van der Waals surface area contributed by atoms with Crippen LogP contribution in [0.5, 0.6) is 5.75 Å². The number of hydrogen-bond donors (Lipinski definition) is 1. The maximum absolute atomic E-state index is 6.13. The van der Waals surface area contributed by atoms with Crippen LogP contribution in [0.4, 0.5) is 0 Å². The molecular weight excluding hydrogens is 386 g/mol. The molecule has 0 fully saturated rings. The molecule has 6 nitrogen and oxygen atoms in total. The Balaban J connectivity index is 1.29. The minimum Gasteiger partial charge on any atom is -0.487 e. The van der Waals surface area contributed by atoms with Gasteiger partial charge in [0.2, 0.25) is 0 Å². The third-order valence-corrected chi connectivity index (χ3v) is 5.27. The van der Waals surface area contributed by atoms with Gasteiger partial charge in [-0.05, 0) is 58.7 Å². The monoisotopic (exact) mass is 407 g/mol. The molecule has 0 saturated carbocycles. The molecular formula is C25H21N5O. The van der Waals surface area contributed by atoms with Gasteiger partial charge in [-0.1, -0.05) is 60.7 Å². The third-order valence-electron chi connectivity index (χ3n) is 5.27. The number of benzene rings is 3. The molecule has 0 aliphatic rings. The number of fused-ring (bicyclic) bond motifs is 1. The zero-order chi connectivity index (χ0) is 21.0. The molecule has 0 aliphatic carbocycles. The number of nitrogens with zero attached hydrogens (tertiary/aromatic N) is 4. The third kappa shape index (κ3) is 4.28. The van der Waals surface area contributed by atoms with Gasteiger partial charge in [-0.15, -0.1) is 5.10 Å². The molecule has 0 aliphatic heterocycles. The maximum atomic E-state index is 6.13. The Kier molecular flexibility index (Phi) is 5.10. The Morgan fingerprint density at radius 3 is 2.55 bits per heavy atom. The summed E-state index contributed by atoms with van der Waals surface area (Å²) >= 11 is 0. The van der Waals surface area contributed by atoms with E-state index < -0.39 is 0 Å². The summed E-state index contributed by atoms with van der Waals surface area (Å²) in [6.45, 7) is 2.50. The van der Waals surface area contributed by atoms with Crippen LogP contribution in [0, 0.1) is 6.92 Å². The summed E-state index contributed by atoms with van der Waals surface area (Å²) in [5.41, 5.74) is 6.38. The molecule has 5 rings (SSSR count). The molecule has 0 radical (unpaired) electrons. The van der Waals surface area contributed by atoms with Gasteiger partial charge in [-0.2, -0.15) is 0 Å². The zero-order valence-corrected chi connectivity index (χ0v) is 17.1. The van der Waals surface area contributed by atoms with Crippen LogP contribution in [0.15, 0.2) is 78.9 Å². The van der Waals surface area contributed by atoms with Crippen molar-refractivity contribution in [2.75, 3.05) is 0 Å². The van der Waals surface area contributed by atoms with Gasteiger partial charge in [0.25, 0.3) is 0 Å². The first-order valence-electron chi connectivity index (χ1n) is 10.1. The smallest absolute Gasteiger partial charge is 0.179 e. The van der Waals surface area contributed by atoms with Crippen LogP contribution in [0.3, 0.4) is 0 Å². The van der Waals surface area contributed by atoms with Gasteiger partial charge < -0.3 is 4.74 Å². The Labute approximate surface area is 179 Å². The van der Waals surface area contributed by atoms with Gasteiger partial charge in [0.15, 0.2) is 5.82 Å². The number of para-hydroxylation sites is 1. The Bertz CT molecular complexity index is 1310. The summed E-state index contributed by atoms with van der Waals surface area (Å²) in [5.74, 6) is 1.55. The molecule has 5 aromatic rings. The maximum Gasteiger partial charge on any atom is 0.179 e. The average molecular weight is 407 g/mol. The van der Waals surface area contributed by atoms with E-state index in [0.29, 0.717) is 12.4 Å². The number of aryl methyl sites for hydroxylation is 1. The molecule has 2 aromatic heterocycles. The first-order chi connectivity index (χ1) is 15.2. The van der Waals surface area contributed by atoms with Crippen LogP contribution in [0.25, 0.3) is 22.3 Å². The molecule has 0 saturated heterocycles. The summed E-state index contributed by atoms with van der Waals surface area (Å²) < 4.78 is 6.13. The van der Waals surface area contributed by atoms with Gasteiger partial charge in [0.1, 0.15) is 12.4 Å². The SMILES string of the molecule is Cc1ccc(Cc2ccc(-c3nnn[nH]3)cc2)cc1OCc1ccc2ccccc2n1. The van der Waals surface area contributed by atoms with Crippen molar-refractivity contribution >= 4 is 10.9 Å². The quantitative estimate of drug-likeness (QED) is 0.434. The van der Waals surface area contributed by atoms with Crippen molar-refractivity contribution < 1.29 is 4.74 Å². The number of hydrogen-bond acceptors (Lipinski definition) is 5. The summed E-state index contributed by atoms with van der Waals surface area (Å²) in [6, 6.07) is 26.8. The topological polar surface area (TPSA) is 76.6 Å². The van der Waals surface area contributed by atoms with E-state index in [1.54, 1.807) is 0 Å². The summed E-state index contributed by atoms with van der Waals surface area (Å²) in [5, 5.41) is 15.1. The molecule has 0 unspecified atom stereocenters. The minimum absolute atomic E-state index is 0.440. The second-order valence-corrected chi connectivity index (χ2v) is 7.51. The minimum atomic E-state index is 0.440. The van der Waals surface area contributed by atoms with Gasteiger partial charge in [0, 0.05) is 10.9 Å². The highest BCUT2D eigenvalue weighted by atomic mass is 16.5.